The maximum absolute atomic E-state index is 12.4. The van der Waals surface area contributed by atoms with Crippen LogP contribution in [0.4, 0.5) is 0 Å². The summed E-state index contributed by atoms with van der Waals surface area (Å²) in [5.74, 6) is 0.405. The van der Waals surface area contributed by atoms with Gasteiger partial charge in [0.2, 0.25) is 0 Å². The lowest BCUT2D eigenvalue weighted by Gasteiger charge is -2.35. The third-order valence-electron chi connectivity index (χ3n) is 4.43. The van der Waals surface area contributed by atoms with Gasteiger partial charge in [0.15, 0.2) is 5.78 Å². The molecule has 4 nitrogen and oxygen atoms in total. The Hall–Kier alpha value is -0.450. The van der Waals surface area contributed by atoms with Crippen LogP contribution in [0, 0.1) is 0 Å². The van der Waals surface area contributed by atoms with Gasteiger partial charge in [0.05, 0.1) is 12.1 Å². The Labute approximate surface area is 104 Å². The van der Waals surface area contributed by atoms with E-state index in [2.05, 4.69) is 22.2 Å². The molecule has 0 aromatic rings. The van der Waals surface area contributed by atoms with Crippen molar-refractivity contribution in [3.63, 3.8) is 0 Å². The average Bonchev–Trinajstić information content (AvgIpc) is 2.82. The van der Waals surface area contributed by atoms with Gasteiger partial charge in [0, 0.05) is 26.2 Å². The van der Waals surface area contributed by atoms with Crippen molar-refractivity contribution in [1.82, 2.24) is 15.1 Å². The predicted octanol–water partition coefficient (Wildman–Crippen LogP) is 0.335. The Kier molecular flexibility index (Phi) is 4.17. The van der Waals surface area contributed by atoms with Gasteiger partial charge in [-0.05, 0) is 26.9 Å². The molecule has 0 amide bonds. The van der Waals surface area contributed by atoms with Gasteiger partial charge in [-0.2, -0.15) is 0 Å². The average molecular weight is 239 g/mol. The second kappa shape index (κ2) is 5.46. The SMILES string of the molecule is CNC1(C(=O)CN2CCN(C)CC2)CCCC1. The molecule has 1 N–H and O–H groups in total. The molecule has 1 saturated carbocycles. The molecule has 0 bridgehead atoms. The van der Waals surface area contributed by atoms with E-state index in [1.165, 1.54) is 12.8 Å². The Balaban J connectivity index is 1.87. The molecule has 2 fully saturated rings. The largest absolute Gasteiger partial charge is 0.308 e. The van der Waals surface area contributed by atoms with Gasteiger partial charge in [-0.15, -0.1) is 0 Å². The second-order valence-electron chi connectivity index (χ2n) is 5.54. The number of hydrogen-bond donors (Lipinski definition) is 1. The zero-order chi connectivity index (χ0) is 12.3. The van der Waals surface area contributed by atoms with E-state index < -0.39 is 0 Å². The van der Waals surface area contributed by atoms with Gasteiger partial charge in [-0.1, -0.05) is 12.8 Å². The van der Waals surface area contributed by atoms with E-state index >= 15 is 0 Å². The molecule has 0 aromatic heterocycles. The smallest absolute Gasteiger partial charge is 0.166 e. The first-order chi connectivity index (χ1) is 8.16. The molecule has 1 saturated heterocycles. The van der Waals surface area contributed by atoms with Crippen LogP contribution in [0.1, 0.15) is 25.7 Å². The van der Waals surface area contributed by atoms with E-state index in [9.17, 15) is 4.79 Å². The van der Waals surface area contributed by atoms with Crippen molar-refractivity contribution in [3.8, 4) is 0 Å². The molecule has 0 unspecified atom stereocenters. The molecule has 2 aliphatic rings. The zero-order valence-corrected chi connectivity index (χ0v) is 11.2. The van der Waals surface area contributed by atoms with Gasteiger partial charge in [0.25, 0.3) is 0 Å². The maximum Gasteiger partial charge on any atom is 0.166 e. The Morgan fingerprint density at radius 3 is 2.29 bits per heavy atom. The summed E-state index contributed by atoms with van der Waals surface area (Å²) in [6, 6.07) is 0. The number of nitrogens with zero attached hydrogens (tertiary/aromatic N) is 2. The van der Waals surface area contributed by atoms with E-state index in [0.29, 0.717) is 12.3 Å². The van der Waals surface area contributed by atoms with Crippen molar-refractivity contribution < 1.29 is 4.79 Å². The predicted molar refractivity (Wildman–Crippen MR) is 69.2 cm³/mol. The fourth-order valence-corrected chi connectivity index (χ4v) is 3.01. The molecule has 1 aliphatic heterocycles. The van der Waals surface area contributed by atoms with Crippen molar-refractivity contribution in [2.45, 2.75) is 31.2 Å². The van der Waals surface area contributed by atoms with Crippen molar-refractivity contribution in [1.29, 1.82) is 0 Å². The fourth-order valence-electron chi connectivity index (χ4n) is 3.01. The minimum absolute atomic E-state index is 0.205. The molecule has 98 valence electrons. The number of carbonyl (C=O) groups is 1. The number of piperazine rings is 1. The molecule has 0 radical (unpaired) electrons. The summed E-state index contributed by atoms with van der Waals surface area (Å²) < 4.78 is 0. The third kappa shape index (κ3) is 2.87. The molecule has 0 aromatic carbocycles. The Morgan fingerprint density at radius 2 is 1.76 bits per heavy atom. The molecular weight excluding hydrogens is 214 g/mol. The minimum atomic E-state index is -0.205. The van der Waals surface area contributed by atoms with E-state index in [-0.39, 0.29) is 5.54 Å². The normalized spacial score (nSPS) is 26.2. The topological polar surface area (TPSA) is 35.6 Å². The highest BCUT2D eigenvalue weighted by Gasteiger charge is 2.39. The lowest BCUT2D eigenvalue weighted by atomic mass is 9.91. The zero-order valence-electron chi connectivity index (χ0n) is 11.2. The second-order valence-corrected chi connectivity index (χ2v) is 5.54. The van der Waals surface area contributed by atoms with Gasteiger partial charge >= 0.3 is 0 Å². The lowest BCUT2D eigenvalue weighted by molar-refractivity contribution is -0.126. The van der Waals surface area contributed by atoms with E-state index in [4.69, 9.17) is 0 Å². The summed E-state index contributed by atoms with van der Waals surface area (Å²) in [6.45, 7) is 4.86. The number of rotatable bonds is 4. The van der Waals surface area contributed by atoms with Gasteiger partial charge in [-0.3, -0.25) is 9.69 Å². The van der Waals surface area contributed by atoms with E-state index in [0.717, 1.165) is 39.0 Å². The lowest BCUT2D eigenvalue weighted by Crippen LogP contribution is -2.54. The highest BCUT2D eigenvalue weighted by atomic mass is 16.1. The number of ketones is 1. The minimum Gasteiger partial charge on any atom is -0.308 e. The molecule has 4 heteroatoms. The number of hydrogen-bond acceptors (Lipinski definition) is 4. The highest BCUT2D eigenvalue weighted by Crippen LogP contribution is 2.30. The van der Waals surface area contributed by atoms with Crippen LogP contribution in [0.5, 0.6) is 0 Å². The van der Waals surface area contributed by atoms with Gasteiger partial charge in [0.1, 0.15) is 0 Å². The van der Waals surface area contributed by atoms with Gasteiger partial charge in [-0.25, -0.2) is 0 Å². The summed E-state index contributed by atoms with van der Waals surface area (Å²) in [4.78, 5) is 17.1. The molecule has 17 heavy (non-hydrogen) atoms. The first-order valence-electron chi connectivity index (χ1n) is 6.79. The third-order valence-corrected chi connectivity index (χ3v) is 4.43. The van der Waals surface area contributed by atoms with Crippen molar-refractivity contribution in [2.24, 2.45) is 0 Å². The molecule has 0 atom stereocenters. The first kappa shape index (κ1) is 13.0. The number of carbonyl (C=O) groups excluding carboxylic acids is 1. The maximum atomic E-state index is 12.4. The van der Waals surface area contributed by atoms with Crippen molar-refractivity contribution in [3.05, 3.63) is 0 Å². The molecule has 2 rings (SSSR count). The fraction of sp³-hybridized carbons (Fsp3) is 0.923. The van der Waals surface area contributed by atoms with Crippen molar-refractivity contribution in [2.75, 3.05) is 46.8 Å². The molecular formula is C13H25N3O. The summed E-state index contributed by atoms with van der Waals surface area (Å²) in [7, 11) is 4.08. The first-order valence-corrected chi connectivity index (χ1v) is 6.79. The number of Topliss-reactive ketones (excluding diaryl/α,β-unsaturated/α-hetero) is 1. The summed E-state index contributed by atoms with van der Waals surface area (Å²) in [6.07, 6.45) is 4.43. The highest BCUT2D eigenvalue weighted by molar-refractivity contribution is 5.90. The monoisotopic (exact) mass is 239 g/mol. The Bertz CT molecular complexity index is 266. The molecule has 0 spiro atoms. The van der Waals surface area contributed by atoms with Gasteiger partial charge < -0.3 is 10.2 Å². The van der Waals surface area contributed by atoms with Crippen LogP contribution in [0.2, 0.25) is 0 Å². The summed E-state index contributed by atoms with van der Waals surface area (Å²) >= 11 is 0. The van der Waals surface area contributed by atoms with Crippen LogP contribution >= 0.6 is 0 Å². The summed E-state index contributed by atoms with van der Waals surface area (Å²) in [5.41, 5.74) is -0.205. The number of likely N-dealkylation sites (N-methyl/N-ethyl adjacent to an activating group) is 2. The van der Waals surface area contributed by atoms with Crippen LogP contribution in [0.15, 0.2) is 0 Å². The summed E-state index contributed by atoms with van der Waals surface area (Å²) in [5, 5.41) is 3.29. The molecule has 1 heterocycles. The van der Waals surface area contributed by atoms with E-state index in [1.807, 2.05) is 7.05 Å². The molecule has 1 aliphatic carbocycles. The Morgan fingerprint density at radius 1 is 1.18 bits per heavy atom. The quantitative estimate of drug-likeness (QED) is 0.767. The van der Waals surface area contributed by atoms with Crippen LogP contribution in [0.25, 0.3) is 0 Å². The van der Waals surface area contributed by atoms with Crippen LogP contribution < -0.4 is 5.32 Å². The van der Waals surface area contributed by atoms with E-state index in [1.54, 1.807) is 0 Å². The van der Waals surface area contributed by atoms with Crippen LogP contribution in [-0.4, -0.2) is 67.9 Å². The number of nitrogens with one attached hydrogen (secondary N) is 1. The van der Waals surface area contributed by atoms with Crippen molar-refractivity contribution >= 4 is 5.78 Å². The standard InChI is InChI=1S/C13H25N3O/c1-14-13(5-3-4-6-13)12(17)11-16-9-7-15(2)8-10-16/h14H,3-11H2,1-2H3. The van der Waals surface area contributed by atoms with Crippen LogP contribution in [-0.2, 0) is 4.79 Å². The van der Waals surface area contributed by atoms with Crippen LogP contribution in [0.3, 0.4) is 0 Å².